The first kappa shape index (κ1) is 15.7. The topological polar surface area (TPSA) is 18.5 Å². The Balaban J connectivity index is 2.30. The van der Waals surface area contributed by atoms with Crippen molar-refractivity contribution < 1.29 is 9.47 Å². The molecule has 1 aliphatic carbocycles. The molecule has 1 aliphatic rings. The minimum atomic E-state index is 0.125. The predicted octanol–water partition coefficient (Wildman–Crippen LogP) is 4.05. The van der Waals surface area contributed by atoms with Crippen LogP contribution in [0.3, 0.4) is 0 Å². The summed E-state index contributed by atoms with van der Waals surface area (Å²) in [4.78, 5) is 0. The maximum absolute atomic E-state index is 6.06. The maximum atomic E-state index is 6.06. The van der Waals surface area contributed by atoms with E-state index in [4.69, 9.17) is 9.47 Å². The summed E-state index contributed by atoms with van der Waals surface area (Å²) in [7, 11) is 0. The van der Waals surface area contributed by atoms with Crippen molar-refractivity contribution in [2.75, 3.05) is 13.2 Å². The lowest BCUT2D eigenvalue weighted by molar-refractivity contribution is -0.0623. The molecule has 0 spiro atoms. The van der Waals surface area contributed by atoms with E-state index < -0.39 is 0 Å². The average molecular weight is 254 g/mol. The van der Waals surface area contributed by atoms with E-state index in [-0.39, 0.29) is 6.10 Å². The van der Waals surface area contributed by atoms with Gasteiger partial charge in [-0.2, -0.15) is 0 Å². The zero-order valence-corrected chi connectivity index (χ0v) is 12.5. The van der Waals surface area contributed by atoms with Crippen LogP contribution in [-0.4, -0.2) is 25.4 Å². The number of ether oxygens (including phenoxy) is 2. The standard InChI is InChI=1S/C16H30O2/c1-6-14(5)17-9-10-18-16-11-13(4)7-8-15(16)12(2)3/h6,12-16H,1,7-11H2,2-5H3. The molecule has 0 aromatic rings. The fourth-order valence-corrected chi connectivity index (χ4v) is 2.81. The molecule has 2 heteroatoms. The van der Waals surface area contributed by atoms with Gasteiger partial charge in [-0.1, -0.05) is 33.3 Å². The number of rotatable bonds is 7. The van der Waals surface area contributed by atoms with Crippen molar-refractivity contribution in [3.63, 3.8) is 0 Å². The van der Waals surface area contributed by atoms with Crippen molar-refractivity contribution in [3.05, 3.63) is 12.7 Å². The van der Waals surface area contributed by atoms with Crippen LogP contribution in [0.1, 0.15) is 47.0 Å². The van der Waals surface area contributed by atoms with E-state index >= 15 is 0 Å². The lowest BCUT2D eigenvalue weighted by Gasteiger charge is -2.37. The minimum absolute atomic E-state index is 0.125. The SMILES string of the molecule is C=CC(C)OCCOC1CC(C)CCC1C(C)C. The normalized spacial score (nSPS) is 30.4. The van der Waals surface area contributed by atoms with Gasteiger partial charge >= 0.3 is 0 Å². The van der Waals surface area contributed by atoms with Crippen LogP contribution < -0.4 is 0 Å². The molecule has 0 radical (unpaired) electrons. The second-order valence-corrected chi connectivity index (χ2v) is 6.05. The molecule has 0 aromatic heterocycles. The highest BCUT2D eigenvalue weighted by atomic mass is 16.5. The molecule has 0 amide bonds. The van der Waals surface area contributed by atoms with Gasteiger partial charge in [-0.05, 0) is 37.5 Å². The van der Waals surface area contributed by atoms with Gasteiger partial charge in [0.25, 0.3) is 0 Å². The summed E-state index contributed by atoms with van der Waals surface area (Å²) in [5, 5.41) is 0. The van der Waals surface area contributed by atoms with Gasteiger partial charge in [-0.15, -0.1) is 6.58 Å². The van der Waals surface area contributed by atoms with Crippen LogP contribution in [0.25, 0.3) is 0 Å². The van der Waals surface area contributed by atoms with Crippen LogP contribution in [0.4, 0.5) is 0 Å². The van der Waals surface area contributed by atoms with Gasteiger partial charge in [0.15, 0.2) is 0 Å². The van der Waals surface area contributed by atoms with Crippen LogP contribution in [0, 0.1) is 17.8 Å². The molecule has 4 unspecified atom stereocenters. The van der Waals surface area contributed by atoms with Crippen molar-refractivity contribution in [2.45, 2.75) is 59.2 Å². The maximum Gasteiger partial charge on any atom is 0.0726 e. The van der Waals surface area contributed by atoms with E-state index in [9.17, 15) is 0 Å². The van der Waals surface area contributed by atoms with E-state index in [0.717, 1.165) is 17.8 Å². The van der Waals surface area contributed by atoms with Gasteiger partial charge in [0.2, 0.25) is 0 Å². The molecule has 1 saturated carbocycles. The third-order valence-corrected chi connectivity index (χ3v) is 4.09. The Morgan fingerprint density at radius 2 is 1.94 bits per heavy atom. The van der Waals surface area contributed by atoms with Crippen LogP contribution in [0.5, 0.6) is 0 Å². The Morgan fingerprint density at radius 3 is 2.56 bits per heavy atom. The molecule has 4 atom stereocenters. The highest BCUT2D eigenvalue weighted by Crippen LogP contribution is 2.35. The smallest absolute Gasteiger partial charge is 0.0726 e. The van der Waals surface area contributed by atoms with Gasteiger partial charge in [-0.25, -0.2) is 0 Å². The van der Waals surface area contributed by atoms with Gasteiger partial charge in [0, 0.05) is 0 Å². The molecule has 106 valence electrons. The molecule has 1 fully saturated rings. The molecule has 0 aliphatic heterocycles. The van der Waals surface area contributed by atoms with Gasteiger partial charge < -0.3 is 9.47 Å². The second kappa shape index (κ2) is 7.96. The molecule has 18 heavy (non-hydrogen) atoms. The number of hydrogen-bond acceptors (Lipinski definition) is 2. The van der Waals surface area contributed by atoms with Gasteiger partial charge in [0.05, 0.1) is 25.4 Å². The van der Waals surface area contributed by atoms with Crippen molar-refractivity contribution in [1.82, 2.24) is 0 Å². The lowest BCUT2D eigenvalue weighted by atomic mass is 9.75. The first-order valence-corrected chi connectivity index (χ1v) is 7.40. The Labute approximate surface area is 113 Å². The molecule has 0 aromatic carbocycles. The lowest BCUT2D eigenvalue weighted by Crippen LogP contribution is -2.35. The van der Waals surface area contributed by atoms with Gasteiger partial charge in [-0.3, -0.25) is 0 Å². The first-order chi connectivity index (χ1) is 8.54. The zero-order chi connectivity index (χ0) is 13.5. The number of hydrogen-bond donors (Lipinski definition) is 0. The first-order valence-electron chi connectivity index (χ1n) is 7.40. The van der Waals surface area contributed by atoms with E-state index in [0.29, 0.717) is 19.3 Å². The summed E-state index contributed by atoms with van der Waals surface area (Å²) >= 11 is 0. The third kappa shape index (κ3) is 5.11. The van der Waals surface area contributed by atoms with E-state index in [1.54, 1.807) is 0 Å². The van der Waals surface area contributed by atoms with Crippen LogP contribution in [0.2, 0.25) is 0 Å². The van der Waals surface area contributed by atoms with Crippen LogP contribution >= 0.6 is 0 Å². The molecule has 0 saturated heterocycles. The molecule has 0 bridgehead atoms. The van der Waals surface area contributed by atoms with Crippen LogP contribution in [-0.2, 0) is 9.47 Å². The zero-order valence-electron chi connectivity index (χ0n) is 12.5. The summed E-state index contributed by atoms with van der Waals surface area (Å²) < 4.78 is 11.6. The predicted molar refractivity (Wildman–Crippen MR) is 76.7 cm³/mol. The Bertz CT molecular complexity index is 237. The monoisotopic (exact) mass is 254 g/mol. The fourth-order valence-electron chi connectivity index (χ4n) is 2.81. The third-order valence-electron chi connectivity index (χ3n) is 4.09. The molecular formula is C16H30O2. The summed E-state index contributed by atoms with van der Waals surface area (Å²) in [5.74, 6) is 2.24. The summed E-state index contributed by atoms with van der Waals surface area (Å²) in [6.45, 7) is 14.1. The molecular weight excluding hydrogens is 224 g/mol. The minimum Gasteiger partial charge on any atom is -0.376 e. The fraction of sp³-hybridized carbons (Fsp3) is 0.875. The quantitative estimate of drug-likeness (QED) is 0.504. The highest BCUT2D eigenvalue weighted by molar-refractivity contribution is 4.81. The largest absolute Gasteiger partial charge is 0.376 e. The Morgan fingerprint density at radius 1 is 1.22 bits per heavy atom. The summed E-state index contributed by atoms with van der Waals surface area (Å²) in [6.07, 6.45) is 6.25. The Kier molecular flexibility index (Phi) is 6.95. The molecule has 1 rings (SSSR count). The summed E-state index contributed by atoms with van der Waals surface area (Å²) in [5.41, 5.74) is 0. The van der Waals surface area contributed by atoms with Crippen LogP contribution in [0.15, 0.2) is 12.7 Å². The van der Waals surface area contributed by atoms with Crippen molar-refractivity contribution >= 4 is 0 Å². The molecule has 0 N–H and O–H groups in total. The molecule has 0 heterocycles. The van der Waals surface area contributed by atoms with E-state index in [2.05, 4.69) is 27.4 Å². The van der Waals surface area contributed by atoms with E-state index in [1.807, 2.05) is 13.0 Å². The van der Waals surface area contributed by atoms with E-state index in [1.165, 1.54) is 19.3 Å². The highest BCUT2D eigenvalue weighted by Gasteiger charge is 2.31. The Hall–Kier alpha value is -0.340. The van der Waals surface area contributed by atoms with Crippen molar-refractivity contribution in [3.8, 4) is 0 Å². The van der Waals surface area contributed by atoms with Gasteiger partial charge in [0.1, 0.15) is 0 Å². The second-order valence-electron chi connectivity index (χ2n) is 6.05. The average Bonchev–Trinajstić information content (AvgIpc) is 2.34. The van der Waals surface area contributed by atoms with Crippen molar-refractivity contribution in [2.24, 2.45) is 17.8 Å². The molecule has 2 nitrogen and oxygen atoms in total. The summed E-state index contributed by atoms with van der Waals surface area (Å²) in [6, 6.07) is 0. The van der Waals surface area contributed by atoms with Crippen molar-refractivity contribution in [1.29, 1.82) is 0 Å².